The lowest BCUT2D eigenvalue weighted by atomic mass is 10.1. The van der Waals surface area contributed by atoms with Crippen LogP contribution in [0.1, 0.15) is 37.8 Å². The van der Waals surface area contributed by atoms with Crippen molar-refractivity contribution in [3.63, 3.8) is 0 Å². The summed E-state index contributed by atoms with van der Waals surface area (Å²) in [7, 11) is -3.04. The molecule has 0 radical (unpaired) electrons. The highest BCUT2D eigenvalue weighted by Gasteiger charge is 2.30. The molecule has 0 unspecified atom stereocenters. The van der Waals surface area contributed by atoms with E-state index in [4.69, 9.17) is 0 Å². The molecule has 0 N–H and O–H groups in total. The van der Waals surface area contributed by atoms with Gasteiger partial charge in [-0.15, -0.1) is 0 Å². The van der Waals surface area contributed by atoms with E-state index in [0.717, 1.165) is 25.9 Å². The van der Waals surface area contributed by atoms with E-state index in [1.807, 2.05) is 0 Å². The van der Waals surface area contributed by atoms with E-state index >= 15 is 0 Å². The topological polar surface area (TPSA) is 6.48 Å². The van der Waals surface area contributed by atoms with Crippen LogP contribution in [0.4, 0.5) is 11.4 Å². The molecule has 0 aliphatic carbocycles. The van der Waals surface area contributed by atoms with Crippen molar-refractivity contribution in [2.45, 2.75) is 78.8 Å². The van der Waals surface area contributed by atoms with E-state index in [9.17, 15) is 0 Å². The molecule has 2 rings (SSSR count). The van der Waals surface area contributed by atoms with Crippen LogP contribution in [0.2, 0.25) is 39.3 Å². The molecule has 0 saturated heterocycles. The van der Waals surface area contributed by atoms with Crippen molar-refractivity contribution < 1.29 is 0 Å². The van der Waals surface area contributed by atoms with Crippen LogP contribution in [-0.4, -0.2) is 29.6 Å². The minimum atomic E-state index is -1.52. The van der Waals surface area contributed by atoms with Gasteiger partial charge in [0.2, 0.25) is 0 Å². The summed E-state index contributed by atoms with van der Waals surface area (Å²) in [6, 6.07) is 18.2. The van der Waals surface area contributed by atoms with Crippen LogP contribution in [0, 0.1) is 0 Å². The van der Waals surface area contributed by atoms with Gasteiger partial charge >= 0.3 is 0 Å². The Bertz CT molecular complexity index is 723. The van der Waals surface area contributed by atoms with Gasteiger partial charge in [0.1, 0.15) is 16.5 Å². The number of aryl methyl sites for hydroxylation is 2. The van der Waals surface area contributed by atoms with Crippen LogP contribution in [0.5, 0.6) is 0 Å². The fourth-order valence-electron chi connectivity index (χ4n) is 4.34. The van der Waals surface area contributed by atoms with E-state index in [0.29, 0.717) is 0 Å². The standard InChI is InChI=1S/C26H44N2Si2/c1-9-15-23-17-11-13-19-25(23)27(29(3,4)5)21-22-28(30(6,7)8)26-20-14-12-18-24(26)16-10-2/h11-14,17-20H,9-10,15-16,21-22H2,1-8H3. The maximum absolute atomic E-state index is 2.77. The summed E-state index contributed by atoms with van der Waals surface area (Å²) < 4.78 is 5.54. The van der Waals surface area contributed by atoms with E-state index in [2.05, 4.69) is 111 Å². The van der Waals surface area contributed by atoms with Crippen LogP contribution >= 0.6 is 0 Å². The molecular weight excluding hydrogens is 396 g/mol. The Morgan fingerprint density at radius 1 is 0.567 bits per heavy atom. The average molecular weight is 441 g/mol. The Morgan fingerprint density at radius 3 is 1.20 bits per heavy atom. The lowest BCUT2D eigenvalue weighted by Gasteiger charge is -2.43. The zero-order chi connectivity index (χ0) is 22.4. The van der Waals surface area contributed by atoms with Gasteiger partial charge in [0.25, 0.3) is 0 Å². The summed E-state index contributed by atoms with van der Waals surface area (Å²) in [5.41, 5.74) is 5.95. The Hall–Kier alpha value is -1.53. The molecule has 4 heteroatoms. The molecule has 2 nitrogen and oxygen atoms in total. The molecule has 0 aromatic heterocycles. The molecule has 30 heavy (non-hydrogen) atoms. The molecule has 0 aliphatic rings. The first-order valence-electron chi connectivity index (χ1n) is 11.8. The van der Waals surface area contributed by atoms with Crippen LogP contribution in [0.15, 0.2) is 48.5 Å². The number of anilines is 2. The number of para-hydroxylation sites is 2. The molecule has 0 atom stereocenters. The lowest BCUT2D eigenvalue weighted by molar-refractivity contribution is 0.872. The molecule has 0 spiro atoms. The Morgan fingerprint density at radius 2 is 0.900 bits per heavy atom. The van der Waals surface area contributed by atoms with Gasteiger partial charge < -0.3 is 9.13 Å². The average Bonchev–Trinajstić information content (AvgIpc) is 2.65. The molecule has 0 bridgehead atoms. The van der Waals surface area contributed by atoms with Crippen molar-refractivity contribution in [1.29, 1.82) is 0 Å². The molecule has 0 fully saturated rings. The second-order valence-corrected chi connectivity index (χ2v) is 20.2. The second kappa shape index (κ2) is 10.7. The second-order valence-electron chi connectivity index (χ2n) is 10.4. The van der Waals surface area contributed by atoms with Crippen molar-refractivity contribution in [2.24, 2.45) is 0 Å². The van der Waals surface area contributed by atoms with Gasteiger partial charge in [-0.1, -0.05) is 102 Å². The molecule has 0 saturated carbocycles. The number of rotatable bonds is 11. The highest BCUT2D eigenvalue weighted by Crippen LogP contribution is 2.30. The van der Waals surface area contributed by atoms with Crippen LogP contribution in [0.25, 0.3) is 0 Å². The van der Waals surface area contributed by atoms with Gasteiger partial charge in [0.15, 0.2) is 0 Å². The zero-order valence-corrected chi connectivity index (χ0v) is 22.8. The zero-order valence-electron chi connectivity index (χ0n) is 20.8. The third kappa shape index (κ3) is 6.48. The number of nitrogens with zero attached hydrogens (tertiary/aromatic N) is 2. The smallest absolute Gasteiger partial charge is 0.147 e. The maximum Gasteiger partial charge on any atom is 0.147 e. The van der Waals surface area contributed by atoms with Gasteiger partial charge in [0, 0.05) is 24.5 Å². The largest absolute Gasteiger partial charge is 0.396 e. The summed E-state index contributed by atoms with van der Waals surface area (Å²) in [6.45, 7) is 21.7. The first kappa shape index (κ1) is 24.7. The summed E-state index contributed by atoms with van der Waals surface area (Å²) >= 11 is 0. The Labute approximate surface area is 188 Å². The highest BCUT2D eigenvalue weighted by molar-refractivity contribution is 6.80. The predicted octanol–water partition coefficient (Wildman–Crippen LogP) is 7.57. The van der Waals surface area contributed by atoms with Gasteiger partial charge in [-0.2, -0.15) is 0 Å². The fourth-order valence-corrected chi connectivity index (χ4v) is 7.77. The first-order chi connectivity index (χ1) is 14.1. The minimum absolute atomic E-state index is 1.10. The first-order valence-corrected chi connectivity index (χ1v) is 18.7. The van der Waals surface area contributed by atoms with E-state index < -0.39 is 16.5 Å². The Kier molecular flexibility index (Phi) is 8.80. The van der Waals surface area contributed by atoms with E-state index in [-0.39, 0.29) is 0 Å². The van der Waals surface area contributed by atoms with Crippen LogP contribution in [-0.2, 0) is 12.8 Å². The van der Waals surface area contributed by atoms with Gasteiger partial charge in [-0.05, 0) is 36.1 Å². The maximum atomic E-state index is 2.77. The van der Waals surface area contributed by atoms with Crippen molar-refractivity contribution in [3.05, 3.63) is 59.7 Å². The number of hydrogen-bond acceptors (Lipinski definition) is 2. The molecule has 166 valence electrons. The summed E-state index contributed by atoms with van der Waals surface area (Å²) in [5, 5.41) is 0. The third-order valence-electron chi connectivity index (χ3n) is 5.77. The van der Waals surface area contributed by atoms with Crippen molar-refractivity contribution in [3.8, 4) is 0 Å². The normalized spacial score (nSPS) is 12.1. The highest BCUT2D eigenvalue weighted by atomic mass is 28.3. The van der Waals surface area contributed by atoms with Gasteiger partial charge in [0.05, 0.1) is 0 Å². The van der Waals surface area contributed by atoms with Crippen molar-refractivity contribution in [2.75, 3.05) is 22.2 Å². The predicted molar refractivity (Wildman–Crippen MR) is 142 cm³/mol. The molecule has 0 heterocycles. The van der Waals surface area contributed by atoms with Gasteiger partial charge in [-0.25, -0.2) is 0 Å². The SMILES string of the molecule is CCCc1ccccc1N(CCN(c1ccccc1CCC)[Si](C)(C)C)[Si](C)(C)C. The Balaban J connectivity index is 2.39. The van der Waals surface area contributed by atoms with Crippen LogP contribution in [0.3, 0.4) is 0 Å². The quantitative estimate of drug-likeness (QED) is 0.332. The molecule has 0 amide bonds. The molecular formula is C26H44N2Si2. The summed E-state index contributed by atoms with van der Waals surface area (Å²) in [5.74, 6) is 0. The number of benzene rings is 2. The van der Waals surface area contributed by atoms with E-state index in [1.54, 1.807) is 0 Å². The van der Waals surface area contributed by atoms with E-state index in [1.165, 1.54) is 35.3 Å². The van der Waals surface area contributed by atoms with Crippen molar-refractivity contribution >= 4 is 27.8 Å². The fraction of sp³-hybridized carbons (Fsp3) is 0.538. The molecule has 0 aliphatic heterocycles. The summed E-state index contributed by atoms with van der Waals surface area (Å²) in [4.78, 5) is 0. The molecule has 2 aromatic carbocycles. The monoisotopic (exact) mass is 440 g/mol. The van der Waals surface area contributed by atoms with Crippen LogP contribution < -0.4 is 9.13 Å². The minimum Gasteiger partial charge on any atom is -0.396 e. The number of hydrogen-bond donors (Lipinski definition) is 0. The van der Waals surface area contributed by atoms with Crippen molar-refractivity contribution in [1.82, 2.24) is 0 Å². The summed E-state index contributed by atoms with van der Waals surface area (Å²) in [6.07, 6.45) is 4.71. The lowest BCUT2D eigenvalue weighted by Crippen LogP contribution is -2.54. The third-order valence-corrected chi connectivity index (χ3v) is 9.94. The molecule has 2 aromatic rings. The van der Waals surface area contributed by atoms with Gasteiger partial charge in [-0.3, -0.25) is 0 Å².